The highest BCUT2D eigenvalue weighted by Gasteiger charge is 2.44. The molecular weight excluding hydrogens is 274 g/mol. The Labute approximate surface area is 125 Å². The van der Waals surface area contributed by atoms with E-state index in [1.165, 1.54) is 12.8 Å². The second-order valence-electron chi connectivity index (χ2n) is 6.59. The van der Waals surface area contributed by atoms with E-state index in [2.05, 4.69) is 12.2 Å². The Morgan fingerprint density at radius 2 is 1.90 bits per heavy atom. The van der Waals surface area contributed by atoms with Gasteiger partial charge in [-0.25, -0.2) is 0 Å². The SMILES string of the molecule is CC1CCC(NC(=O)CSCC2(CC(=O)O)CC2)CC1. The second kappa shape index (κ2) is 6.83. The van der Waals surface area contributed by atoms with Crippen molar-refractivity contribution in [1.29, 1.82) is 0 Å². The summed E-state index contributed by atoms with van der Waals surface area (Å²) in [5, 5.41) is 12.0. The average molecular weight is 299 g/mol. The number of thioether (sulfide) groups is 1. The van der Waals surface area contributed by atoms with Crippen LogP contribution in [0.5, 0.6) is 0 Å². The van der Waals surface area contributed by atoms with E-state index < -0.39 is 5.97 Å². The number of nitrogens with one attached hydrogen (secondary N) is 1. The fourth-order valence-electron chi connectivity index (χ4n) is 2.90. The van der Waals surface area contributed by atoms with Gasteiger partial charge in [-0.1, -0.05) is 6.92 Å². The monoisotopic (exact) mass is 299 g/mol. The van der Waals surface area contributed by atoms with Gasteiger partial charge in [0.2, 0.25) is 5.91 Å². The molecule has 2 N–H and O–H groups in total. The third-order valence-electron chi connectivity index (χ3n) is 4.51. The smallest absolute Gasteiger partial charge is 0.303 e. The zero-order valence-corrected chi connectivity index (χ0v) is 13.0. The van der Waals surface area contributed by atoms with E-state index in [4.69, 9.17) is 5.11 Å². The molecule has 2 saturated carbocycles. The van der Waals surface area contributed by atoms with Crippen LogP contribution in [0.15, 0.2) is 0 Å². The summed E-state index contributed by atoms with van der Waals surface area (Å²) < 4.78 is 0. The largest absolute Gasteiger partial charge is 0.481 e. The molecule has 0 radical (unpaired) electrons. The Balaban J connectivity index is 1.60. The van der Waals surface area contributed by atoms with Gasteiger partial charge in [0, 0.05) is 6.04 Å². The molecule has 0 aromatic carbocycles. The number of amides is 1. The number of carbonyl (C=O) groups excluding carboxylic acids is 1. The molecule has 0 aliphatic heterocycles. The van der Waals surface area contributed by atoms with Gasteiger partial charge in [0.15, 0.2) is 0 Å². The van der Waals surface area contributed by atoms with Gasteiger partial charge in [0.05, 0.1) is 12.2 Å². The van der Waals surface area contributed by atoms with Crippen molar-refractivity contribution < 1.29 is 14.7 Å². The number of carboxylic acids is 1. The molecule has 4 nitrogen and oxygen atoms in total. The summed E-state index contributed by atoms with van der Waals surface area (Å²) in [7, 11) is 0. The molecule has 0 aromatic heterocycles. The molecule has 2 aliphatic carbocycles. The summed E-state index contributed by atoms with van der Waals surface area (Å²) >= 11 is 1.59. The lowest BCUT2D eigenvalue weighted by Crippen LogP contribution is -2.38. The van der Waals surface area contributed by atoms with Crippen molar-refractivity contribution in [2.24, 2.45) is 11.3 Å². The van der Waals surface area contributed by atoms with Crippen LogP contribution >= 0.6 is 11.8 Å². The normalized spacial score (nSPS) is 27.9. The topological polar surface area (TPSA) is 66.4 Å². The number of hydrogen-bond acceptors (Lipinski definition) is 3. The molecule has 0 unspecified atom stereocenters. The molecule has 0 spiro atoms. The Kier molecular flexibility index (Phi) is 5.35. The molecule has 5 heteroatoms. The molecule has 0 atom stereocenters. The van der Waals surface area contributed by atoms with E-state index in [0.29, 0.717) is 11.8 Å². The number of hydrogen-bond donors (Lipinski definition) is 2. The average Bonchev–Trinajstić information content (AvgIpc) is 3.11. The zero-order chi connectivity index (χ0) is 14.6. The highest BCUT2D eigenvalue weighted by Crippen LogP contribution is 2.50. The summed E-state index contributed by atoms with van der Waals surface area (Å²) in [5.41, 5.74) is -0.0168. The highest BCUT2D eigenvalue weighted by atomic mass is 32.2. The van der Waals surface area contributed by atoms with Crippen LogP contribution in [-0.4, -0.2) is 34.5 Å². The summed E-state index contributed by atoms with van der Waals surface area (Å²) in [6, 6.07) is 0.355. The van der Waals surface area contributed by atoms with Crippen molar-refractivity contribution in [2.45, 2.75) is 57.9 Å². The van der Waals surface area contributed by atoms with Crippen LogP contribution in [0.3, 0.4) is 0 Å². The summed E-state index contributed by atoms with van der Waals surface area (Å²) in [5.74, 6) is 1.45. The predicted octanol–water partition coefficient (Wildman–Crippen LogP) is 2.67. The Morgan fingerprint density at radius 3 is 2.45 bits per heavy atom. The highest BCUT2D eigenvalue weighted by molar-refractivity contribution is 7.99. The maximum Gasteiger partial charge on any atom is 0.303 e. The van der Waals surface area contributed by atoms with Crippen molar-refractivity contribution in [1.82, 2.24) is 5.32 Å². The van der Waals surface area contributed by atoms with E-state index in [1.54, 1.807) is 11.8 Å². The standard InChI is InChI=1S/C15H25NO3S/c1-11-2-4-12(5-3-11)16-13(17)9-20-10-15(6-7-15)8-14(18)19/h11-12H,2-10H2,1H3,(H,16,17)(H,18,19). The maximum atomic E-state index is 11.9. The fourth-order valence-corrected chi connectivity index (χ4v) is 4.10. The second-order valence-corrected chi connectivity index (χ2v) is 7.57. The first kappa shape index (κ1) is 15.7. The Morgan fingerprint density at radius 1 is 1.25 bits per heavy atom. The molecule has 2 fully saturated rings. The van der Waals surface area contributed by atoms with Gasteiger partial charge in [0.25, 0.3) is 0 Å². The molecule has 20 heavy (non-hydrogen) atoms. The summed E-state index contributed by atoms with van der Waals surface area (Å²) in [6.45, 7) is 2.27. The van der Waals surface area contributed by atoms with Gasteiger partial charge < -0.3 is 10.4 Å². The Hall–Kier alpha value is -0.710. The van der Waals surface area contributed by atoms with E-state index in [9.17, 15) is 9.59 Å². The van der Waals surface area contributed by atoms with Crippen LogP contribution in [0.2, 0.25) is 0 Å². The zero-order valence-electron chi connectivity index (χ0n) is 12.2. The molecule has 0 saturated heterocycles. The molecule has 2 aliphatic rings. The van der Waals surface area contributed by atoms with E-state index in [1.807, 2.05) is 0 Å². The van der Waals surface area contributed by atoms with Crippen LogP contribution in [0.4, 0.5) is 0 Å². The first-order chi connectivity index (χ1) is 9.49. The van der Waals surface area contributed by atoms with Crippen molar-refractivity contribution in [3.63, 3.8) is 0 Å². The van der Waals surface area contributed by atoms with E-state index >= 15 is 0 Å². The van der Waals surface area contributed by atoms with Crippen LogP contribution in [-0.2, 0) is 9.59 Å². The summed E-state index contributed by atoms with van der Waals surface area (Å²) in [4.78, 5) is 22.6. The number of carboxylic acid groups (broad SMARTS) is 1. The first-order valence-electron chi connectivity index (χ1n) is 7.58. The van der Waals surface area contributed by atoms with Crippen molar-refractivity contribution in [3.8, 4) is 0 Å². The predicted molar refractivity (Wildman–Crippen MR) is 80.8 cm³/mol. The minimum absolute atomic E-state index is 0.0168. The van der Waals surface area contributed by atoms with Crippen LogP contribution in [0, 0.1) is 11.3 Å². The van der Waals surface area contributed by atoms with E-state index in [0.717, 1.165) is 37.4 Å². The number of carbonyl (C=O) groups is 2. The summed E-state index contributed by atoms with van der Waals surface area (Å²) in [6.07, 6.45) is 6.85. The third-order valence-corrected chi connectivity index (χ3v) is 5.79. The third kappa shape index (κ3) is 5.00. The van der Waals surface area contributed by atoms with Crippen LogP contribution < -0.4 is 5.32 Å². The van der Waals surface area contributed by atoms with Crippen molar-refractivity contribution >= 4 is 23.6 Å². The quantitative estimate of drug-likeness (QED) is 0.758. The van der Waals surface area contributed by atoms with Crippen LogP contribution in [0.25, 0.3) is 0 Å². The molecule has 0 heterocycles. The minimum atomic E-state index is -0.719. The number of rotatable bonds is 7. The molecule has 2 rings (SSSR count). The van der Waals surface area contributed by atoms with Gasteiger partial charge in [0.1, 0.15) is 0 Å². The van der Waals surface area contributed by atoms with Crippen LogP contribution in [0.1, 0.15) is 51.9 Å². The maximum absolute atomic E-state index is 11.9. The lowest BCUT2D eigenvalue weighted by molar-refractivity contribution is -0.138. The van der Waals surface area contributed by atoms with Crippen molar-refractivity contribution in [3.05, 3.63) is 0 Å². The molecular formula is C15H25NO3S. The van der Waals surface area contributed by atoms with E-state index in [-0.39, 0.29) is 17.7 Å². The Bertz CT molecular complexity index is 360. The van der Waals surface area contributed by atoms with Gasteiger partial charge in [-0.15, -0.1) is 0 Å². The van der Waals surface area contributed by atoms with Gasteiger partial charge in [-0.05, 0) is 55.6 Å². The first-order valence-corrected chi connectivity index (χ1v) is 8.73. The van der Waals surface area contributed by atoms with Gasteiger partial charge in [-0.3, -0.25) is 9.59 Å². The number of aliphatic carboxylic acids is 1. The van der Waals surface area contributed by atoms with Crippen molar-refractivity contribution in [2.75, 3.05) is 11.5 Å². The lowest BCUT2D eigenvalue weighted by atomic mass is 9.87. The fraction of sp³-hybridized carbons (Fsp3) is 0.867. The molecule has 0 aromatic rings. The van der Waals surface area contributed by atoms with Gasteiger partial charge in [-0.2, -0.15) is 11.8 Å². The molecule has 1 amide bonds. The minimum Gasteiger partial charge on any atom is -0.481 e. The van der Waals surface area contributed by atoms with Gasteiger partial charge >= 0.3 is 5.97 Å². The molecule has 0 bridgehead atoms. The lowest BCUT2D eigenvalue weighted by Gasteiger charge is -2.26. The molecule has 114 valence electrons.